The number of hydrogen-bond donors (Lipinski definition) is 1. The van der Waals surface area contributed by atoms with Gasteiger partial charge in [0.2, 0.25) is 0 Å². The fourth-order valence-corrected chi connectivity index (χ4v) is 2.37. The van der Waals surface area contributed by atoms with Gasteiger partial charge in [-0.15, -0.1) is 0 Å². The molecule has 1 aromatic carbocycles. The monoisotopic (exact) mass is 264 g/mol. The van der Waals surface area contributed by atoms with Gasteiger partial charge in [-0.25, -0.2) is 4.98 Å². The number of benzene rings is 1. The van der Waals surface area contributed by atoms with E-state index in [9.17, 15) is 14.7 Å². The summed E-state index contributed by atoms with van der Waals surface area (Å²) in [4.78, 5) is 28.8. The predicted molar refractivity (Wildman–Crippen MR) is 68.7 cm³/mol. The third kappa shape index (κ3) is 1.39. The molecule has 96 valence electrons. The fourth-order valence-electron chi connectivity index (χ4n) is 2.37. The topological polar surface area (TPSA) is 91.0 Å². The summed E-state index contributed by atoms with van der Waals surface area (Å²) in [5.74, 6) is -1.27. The molecule has 5 nitrogen and oxygen atoms in total. The van der Waals surface area contributed by atoms with Gasteiger partial charge in [0.15, 0.2) is 17.3 Å². The van der Waals surface area contributed by atoms with Crippen LogP contribution < -0.4 is 0 Å². The van der Waals surface area contributed by atoms with Crippen LogP contribution in [0.2, 0.25) is 0 Å². The molecule has 1 aliphatic rings. The van der Waals surface area contributed by atoms with Crippen LogP contribution in [0.3, 0.4) is 0 Å². The summed E-state index contributed by atoms with van der Waals surface area (Å²) in [5.41, 5.74) is 0.238. The molecule has 0 fully saturated rings. The number of rotatable bonds is 0. The minimum absolute atomic E-state index is 0.112. The molecule has 0 saturated heterocycles. The van der Waals surface area contributed by atoms with Crippen molar-refractivity contribution in [2.24, 2.45) is 0 Å². The molecule has 1 aliphatic carbocycles. The van der Waals surface area contributed by atoms with Crippen molar-refractivity contribution < 1.29 is 14.7 Å². The van der Waals surface area contributed by atoms with Crippen LogP contribution in [0.25, 0.3) is 0 Å². The Hall–Kier alpha value is -3.00. The minimum atomic E-state index is -0.463. The molecule has 1 N–H and O–H groups in total. The number of nitriles is 1. The van der Waals surface area contributed by atoms with Gasteiger partial charge < -0.3 is 5.11 Å². The van der Waals surface area contributed by atoms with E-state index in [2.05, 4.69) is 4.98 Å². The third-order valence-electron chi connectivity index (χ3n) is 3.32. The largest absolute Gasteiger partial charge is 0.505 e. The Morgan fingerprint density at radius 3 is 2.20 bits per heavy atom. The molecule has 0 saturated carbocycles. The van der Waals surface area contributed by atoms with E-state index in [0.29, 0.717) is 0 Å². The second-order valence-corrected chi connectivity index (χ2v) is 4.46. The Kier molecular flexibility index (Phi) is 2.41. The average Bonchev–Trinajstić information content (AvgIpc) is 2.47. The van der Waals surface area contributed by atoms with Crippen molar-refractivity contribution in [1.82, 2.24) is 4.98 Å². The van der Waals surface area contributed by atoms with Crippen LogP contribution in [-0.4, -0.2) is 21.7 Å². The van der Waals surface area contributed by atoms with E-state index in [4.69, 9.17) is 5.26 Å². The Morgan fingerprint density at radius 1 is 1.10 bits per heavy atom. The highest BCUT2D eigenvalue weighted by Crippen LogP contribution is 2.35. The SMILES string of the molecule is Cc1nc(C#N)c2c(c1O)C(=O)c1ccccc1C2=O. The van der Waals surface area contributed by atoms with Gasteiger partial charge in [-0.3, -0.25) is 9.59 Å². The smallest absolute Gasteiger partial charge is 0.198 e. The summed E-state index contributed by atoms with van der Waals surface area (Å²) >= 11 is 0. The standard InChI is InChI=1S/C15H8N2O3/c1-7-13(18)12-11(10(6-16)17-7)14(19)8-4-2-3-5-9(8)15(12)20/h2-5,18H,1H3. The first-order valence-corrected chi connectivity index (χ1v) is 5.88. The lowest BCUT2D eigenvalue weighted by atomic mass is 9.83. The second kappa shape index (κ2) is 4.00. The zero-order chi connectivity index (χ0) is 14.4. The molecule has 0 bridgehead atoms. The summed E-state index contributed by atoms with van der Waals surface area (Å²) in [5, 5.41) is 19.1. The number of carbonyl (C=O) groups excluding carboxylic acids is 2. The number of pyridine rings is 1. The number of aromatic hydroxyl groups is 1. The molecule has 0 unspecified atom stereocenters. The van der Waals surface area contributed by atoms with Crippen molar-refractivity contribution >= 4 is 11.6 Å². The van der Waals surface area contributed by atoms with Crippen molar-refractivity contribution in [2.45, 2.75) is 6.92 Å². The van der Waals surface area contributed by atoms with Crippen LogP contribution in [0.1, 0.15) is 43.2 Å². The van der Waals surface area contributed by atoms with Gasteiger partial charge in [-0.1, -0.05) is 24.3 Å². The van der Waals surface area contributed by atoms with Gasteiger partial charge >= 0.3 is 0 Å². The Labute approximate surface area is 114 Å². The molecule has 0 aliphatic heterocycles. The fraction of sp³-hybridized carbons (Fsp3) is 0.0667. The van der Waals surface area contributed by atoms with Crippen molar-refractivity contribution in [3.8, 4) is 11.8 Å². The van der Waals surface area contributed by atoms with E-state index in [1.165, 1.54) is 19.1 Å². The minimum Gasteiger partial charge on any atom is -0.505 e. The maximum atomic E-state index is 12.4. The molecular weight excluding hydrogens is 256 g/mol. The van der Waals surface area contributed by atoms with Crippen molar-refractivity contribution in [3.63, 3.8) is 0 Å². The third-order valence-corrected chi connectivity index (χ3v) is 3.32. The van der Waals surface area contributed by atoms with Crippen LogP contribution in [0.15, 0.2) is 24.3 Å². The molecule has 20 heavy (non-hydrogen) atoms. The first-order chi connectivity index (χ1) is 9.56. The zero-order valence-electron chi connectivity index (χ0n) is 10.5. The van der Waals surface area contributed by atoms with E-state index in [-0.39, 0.29) is 39.4 Å². The molecule has 1 aromatic heterocycles. The maximum Gasteiger partial charge on any atom is 0.198 e. The average molecular weight is 264 g/mol. The Balaban J connectivity index is 2.45. The molecule has 2 aromatic rings. The van der Waals surface area contributed by atoms with Gasteiger partial charge in [-0.2, -0.15) is 5.26 Å². The number of carbonyl (C=O) groups is 2. The lowest BCUT2D eigenvalue weighted by Crippen LogP contribution is -2.23. The van der Waals surface area contributed by atoms with Gasteiger partial charge in [0.25, 0.3) is 0 Å². The van der Waals surface area contributed by atoms with Gasteiger partial charge in [0.1, 0.15) is 11.8 Å². The summed E-state index contributed by atoms with van der Waals surface area (Å²) in [7, 11) is 0. The van der Waals surface area contributed by atoms with Crippen LogP contribution >= 0.6 is 0 Å². The molecule has 0 amide bonds. The highest BCUT2D eigenvalue weighted by atomic mass is 16.3. The quantitative estimate of drug-likeness (QED) is 0.667. The summed E-state index contributed by atoms with van der Waals surface area (Å²) in [6.07, 6.45) is 0. The zero-order valence-corrected chi connectivity index (χ0v) is 10.5. The van der Waals surface area contributed by atoms with E-state index >= 15 is 0 Å². The predicted octanol–water partition coefficient (Wildman–Crippen LogP) is 1.74. The Bertz CT molecular complexity index is 832. The van der Waals surface area contributed by atoms with Crippen molar-refractivity contribution in [3.05, 3.63) is 57.9 Å². The molecule has 0 radical (unpaired) electrons. The van der Waals surface area contributed by atoms with E-state index in [0.717, 1.165) is 0 Å². The lowest BCUT2D eigenvalue weighted by Gasteiger charge is -2.19. The normalized spacial score (nSPS) is 12.6. The molecule has 3 rings (SSSR count). The summed E-state index contributed by atoms with van der Waals surface area (Å²) in [6, 6.07) is 8.15. The first-order valence-electron chi connectivity index (χ1n) is 5.88. The van der Waals surface area contributed by atoms with E-state index in [1.807, 2.05) is 6.07 Å². The van der Waals surface area contributed by atoms with E-state index in [1.54, 1.807) is 12.1 Å². The lowest BCUT2D eigenvalue weighted by molar-refractivity contribution is 0.0975. The number of ketones is 2. The summed E-state index contributed by atoms with van der Waals surface area (Å²) < 4.78 is 0. The number of fused-ring (bicyclic) bond motifs is 2. The van der Waals surface area contributed by atoms with Crippen LogP contribution in [0.4, 0.5) is 0 Å². The first kappa shape index (κ1) is 12.1. The van der Waals surface area contributed by atoms with Crippen molar-refractivity contribution in [2.75, 3.05) is 0 Å². The maximum absolute atomic E-state index is 12.4. The van der Waals surface area contributed by atoms with Crippen LogP contribution in [-0.2, 0) is 0 Å². The number of aryl methyl sites for hydroxylation is 1. The highest BCUT2D eigenvalue weighted by molar-refractivity contribution is 6.29. The Morgan fingerprint density at radius 2 is 1.65 bits per heavy atom. The molecule has 0 spiro atoms. The number of hydrogen-bond acceptors (Lipinski definition) is 5. The molecule has 0 atom stereocenters. The highest BCUT2D eigenvalue weighted by Gasteiger charge is 2.35. The van der Waals surface area contributed by atoms with Crippen LogP contribution in [0, 0.1) is 18.3 Å². The number of aromatic nitrogens is 1. The summed E-state index contributed by atoms with van der Waals surface area (Å²) in [6.45, 7) is 1.48. The number of nitrogens with zero attached hydrogens (tertiary/aromatic N) is 2. The van der Waals surface area contributed by atoms with Crippen molar-refractivity contribution in [1.29, 1.82) is 5.26 Å². The van der Waals surface area contributed by atoms with Gasteiger partial charge in [0, 0.05) is 11.1 Å². The second-order valence-electron chi connectivity index (χ2n) is 4.46. The van der Waals surface area contributed by atoms with E-state index < -0.39 is 11.6 Å². The van der Waals surface area contributed by atoms with Gasteiger partial charge in [0.05, 0.1) is 16.8 Å². The molecule has 1 heterocycles. The van der Waals surface area contributed by atoms with Crippen LogP contribution in [0.5, 0.6) is 5.75 Å². The molecular formula is C15H8N2O3. The molecule has 5 heteroatoms. The van der Waals surface area contributed by atoms with Gasteiger partial charge in [-0.05, 0) is 6.92 Å².